The highest BCUT2D eigenvalue weighted by Crippen LogP contribution is 2.30. The minimum atomic E-state index is -0.744. The van der Waals surface area contributed by atoms with Gasteiger partial charge in [-0.05, 0) is 38.1 Å². The van der Waals surface area contributed by atoms with E-state index >= 15 is 0 Å². The van der Waals surface area contributed by atoms with Gasteiger partial charge in [0.25, 0.3) is 0 Å². The average molecular weight is 369 g/mol. The number of likely N-dealkylation sites (N-methyl/N-ethyl adjacent to an activating group) is 1. The molecule has 5 N–H and O–H groups in total. The van der Waals surface area contributed by atoms with E-state index < -0.39 is 23.3 Å². The standard InChI is InChI=1S/C19H36N4O3/c1-5-7-14(16(20)24)15(12-13(3)4)17(25)23-10-8-19(9-11-23,18(21)26)22-6-2/h13-15,22H,5-12H2,1-4H3,(H2,20,24)(H2,21,26)/t14-,15?/m0/s1. The number of piperidine rings is 1. The van der Waals surface area contributed by atoms with E-state index in [1.165, 1.54) is 0 Å². The van der Waals surface area contributed by atoms with Gasteiger partial charge in [-0.25, -0.2) is 0 Å². The molecule has 0 spiro atoms. The third-order valence-corrected chi connectivity index (χ3v) is 5.41. The van der Waals surface area contributed by atoms with Crippen molar-refractivity contribution in [1.29, 1.82) is 0 Å². The van der Waals surface area contributed by atoms with Crippen LogP contribution >= 0.6 is 0 Å². The average Bonchev–Trinajstić information content (AvgIpc) is 2.57. The van der Waals surface area contributed by atoms with Gasteiger partial charge in [0.05, 0.1) is 0 Å². The van der Waals surface area contributed by atoms with Gasteiger partial charge in [0.15, 0.2) is 0 Å². The normalized spacial score (nSPS) is 19.2. The summed E-state index contributed by atoms with van der Waals surface area (Å²) >= 11 is 0. The van der Waals surface area contributed by atoms with Crippen LogP contribution in [0.1, 0.15) is 59.8 Å². The van der Waals surface area contributed by atoms with Crippen LogP contribution in [0.2, 0.25) is 0 Å². The summed E-state index contributed by atoms with van der Waals surface area (Å²) < 4.78 is 0. The van der Waals surface area contributed by atoms with Gasteiger partial charge in [-0.3, -0.25) is 14.4 Å². The third-order valence-electron chi connectivity index (χ3n) is 5.41. The molecular weight excluding hydrogens is 332 g/mol. The van der Waals surface area contributed by atoms with Crippen LogP contribution in [0.3, 0.4) is 0 Å². The number of hydrogen-bond acceptors (Lipinski definition) is 4. The van der Waals surface area contributed by atoms with Crippen LogP contribution in [0.15, 0.2) is 0 Å². The summed E-state index contributed by atoms with van der Waals surface area (Å²) in [7, 11) is 0. The lowest BCUT2D eigenvalue weighted by molar-refractivity contribution is -0.145. The van der Waals surface area contributed by atoms with Crippen LogP contribution in [0, 0.1) is 17.8 Å². The quantitative estimate of drug-likeness (QED) is 0.533. The molecule has 0 bridgehead atoms. The van der Waals surface area contributed by atoms with Crippen LogP contribution < -0.4 is 16.8 Å². The van der Waals surface area contributed by atoms with Gasteiger partial charge in [-0.1, -0.05) is 34.1 Å². The molecule has 1 unspecified atom stereocenters. The first-order chi connectivity index (χ1) is 12.2. The molecule has 0 aliphatic carbocycles. The molecule has 1 rings (SSSR count). The molecule has 0 aromatic heterocycles. The number of carbonyl (C=O) groups excluding carboxylic acids is 3. The molecule has 0 saturated carbocycles. The summed E-state index contributed by atoms with van der Waals surface area (Å²) in [4.78, 5) is 38.8. The number of carbonyl (C=O) groups is 3. The Bertz CT molecular complexity index is 499. The maximum Gasteiger partial charge on any atom is 0.237 e. The molecule has 0 aromatic carbocycles. The minimum absolute atomic E-state index is 0.0227. The molecule has 0 aromatic rings. The number of primary amides is 2. The van der Waals surface area contributed by atoms with Crippen LogP contribution in [-0.4, -0.2) is 47.8 Å². The molecule has 150 valence electrons. The Labute approximate surface area is 157 Å². The van der Waals surface area contributed by atoms with Crippen molar-refractivity contribution in [2.24, 2.45) is 29.2 Å². The van der Waals surface area contributed by atoms with Gasteiger partial charge in [-0.2, -0.15) is 0 Å². The third kappa shape index (κ3) is 5.43. The van der Waals surface area contributed by atoms with Crippen molar-refractivity contribution in [2.45, 2.75) is 65.3 Å². The zero-order valence-corrected chi connectivity index (χ0v) is 16.7. The number of rotatable bonds is 10. The maximum atomic E-state index is 13.2. The van der Waals surface area contributed by atoms with E-state index in [1.54, 1.807) is 4.90 Å². The molecule has 1 aliphatic heterocycles. The van der Waals surface area contributed by atoms with E-state index in [2.05, 4.69) is 5.32 Å². The summed E-state index contributed by atoms with van der Waals surface area (Å²) in [6, 6.07) is 0. The predicted molar refractivity (Wildman–Crippen MR) is 102 cm³/mol. The van der Waals surface area contributed by atoms with Crippen molar-refractivity contribution in [3.05, 3.63) is 0 Å². The van der Waals surface area contributed by atoms with Crippen molar-refractivity contribution in [2.75, 3.05) is 19.6 Å². The molecule has 1 aliphatic rings. The molecule has 2 atom stereocenters. The summed E-state index contributed by atoms with van der Waals surface area (Å²) in [5.74, 6) is -1.34. The summed E-state index contributed by atoms with van der Waals surface area (Å²) in [5.41, 5.74) is 10.5. The molecule has 1 saturated heterocycles. The molecular formula is C19H36N4O3. The summed E-state index contributed by atoms with van der Waals surface area (Å²) in [6.45, 7) is 9.58. The Morgan fingerprint density at radius 1 is 1.08 bits per heavy atom. The number of nitrogens with two attached hydrogens (primary N) is 2. The zero-order chi connectivity index (χ0) is 19.9. The second kappa shape index (κ2) is 9.90. The molecule has 3 amide bonds. The minimum Gasteiger partial charge on any atom is -0.369 e. The fraction of sp³-hybridized carbons (Fsp3) is 0.842. The van der Waals surface area contributed by atoms with Gasteiger partial charge >= 0.3 is 0 Å². The fourth-order valence-corrected chi connectivity index (χ4v) is 3.99. The smallest absolute Gasteiger partial charge is 0.237 e. The van der Waals surface area contributed by atoms with Crippen molar-refractivity contribution >= 4 is 17.7 Å². The van der Waals surface area contributed by atoms with E-state index in [0.29, 0.717) is 51.2 Å². The lowest BCUT2D eigenvalue weighted by atomic mass is 9.80. The Hall–Kier alpha value is -1.63. The van der Waals surface area contributed by atoms with Crippen LogP contribution in [0.4, 0.5) is 0 Å². The van der Waals surface area contributed by atoms with Crippen molar-refractivity contribution in [3.63, 3.8) is 0 Å². The van der Waals surface area contributed by atoms with E-state index in [9.17, 15) is 14.4 Å². The molecule has 7 heteroatoms. The lowest BCUT2D eigenvalue weighted by Gasteiger charge is -2.42. The van der Waals surface area contributed by atoms with Gasteiger partial charge in [0.1, 0.15) is 5.54 Å². The zero-order valence-electron chi connectivity index (χ0n) is 16.7. The van der Waals surface area contributed by atoms with Gasteiger partial charge < -0.3 is 21.7 Å². The molecule has 26 heavy (non-hydrogen) atoms. The fourth-order valence-electron chi connectivity index (χ4n) is 3.99. The second-order valence-corrected chi connectivity index (χ2v) is 7.84. The summed E-state index contributed by atoms with van der Waals surface area (Å²) in [5, 5.41) is 3.19. The number of nitrogens with zero attached hydrogens (tertiary/aromatic N) is 1. The Morgan fingerprint density at radius 2 is 1.65 bits per heavy atom. The largest absolute Gasteiger partial charge is 0.369 e. The van der Waals surface area contributed by atoms with E-state index in [-0.39, 0.29) is 11.8 Å². The SMILES string of the molecule is CCC[C@H](C(N)=O)C(CC(C)C)C(=O)N1CCC(NCC)(C(N)=O)CC1. The topological polar surface area (TPSA) is 119 Å². The monoisotopic (exact) mass is 368 g/mol. The van der Waals surface area contributed by atoms with E-state index in [0.717, 1.165) is 6.42 Å². The van der Waals surface area contributed by atoms with Crippen LogP contribution in [-0.2, 0) is 14.4 Å². The molecule has 7 nitrogen and oxygen atoms in total. The van der Waals surface area contributed by atoms with Crippen LogP contribution in [0.25, 0.3) is 0 Å². The number of likely N-dealkylation sites (tertiary alicyclic amines) is 1. The molecule has 0 radical (unpaired) electrons. The highest BCUT2D eigenvalue weighted by atomic mass is 16.2. The van der Waals surface area contributed by atoms with E-state index in [1.807, 2.05) is 27.7 Å². The Kier molecular flexibility index (Phi) is 8.53. The number of nitrogens with one attached hydrogen (secondary N) is 1. The van der Waals surface area contributed by atoms with Gasteiger partial charge in [-0.15, -0.1) is 0 Å². The predicted octanol–water partition coefficient (Wildman–Crippen LogP) is 1.01. The Balaban J connectivity index is 2.92. The second-order valence-electron chi connectivity index (χ2n) is 7.84. The van der Waals surface area contributed by atoms with Gasteiger partial charge in [0.2, 0.25) is 17.7 Å². The lowest BCUT2D eigenvalue weighted by Crippen LogP contribution is -2.62. The number of hydrogen-bond donors (Lipinski definition) is 3. The first-order valence-electron chi connectivity index (χ1n) is 9.81. The van der Waals surface area contributed by atoms with E-state index in [4.69, 9.17) is 11.5 Å². The highest BCUT2D eigenvalue weighted by Gasteiger charge is 2.42. The maximum absolute atomic E-state index is 13.2. The van der Waals surface area contributed by atoms with Crippen molar-refractivity contribution in [1.82, 2.24) is 10.2 Å². The first-order valence-corrected chi connectivity index (χ1v) is 9.81. The van der Waals surface area contributed by atoms with Crippen LogP contribution in [0.5, 0.6) is 0 Å². The molecule has 1 heterocycles. The summed E-state index contributed by atoms with van der Waals surface area (Å²) in [6.07, 6.45) is 3.05. The van der Waals surface area contributed by atoms with Crippen molar-refractivity contribution in [3.8, 4) is 0 Å². The molecule has 1 fully saturated rings. The number of amides is 3. The van der Waals surface area contributed by atoms with Gasteiger partial charge in [0, 0.05) is 24.9 Å². The highest BCUT2D eigenvalue weighted by molar-refractivity contribution is 5.88. The van der Waals surface area contributed by atoms with Crippen molar-refractivity contribution < 1.29 is 14.4 Å². The first kappa shape index (κ1) is 22.4. The Morgan fingerprint density at radius 3 is 2.04 bits per heavy atom.